The second-order valence-electron chi connectivity index (χ2n) is 3.13. The van der Waals surface area contributed by atoms with Crippen LogP contribution in [-0.2, 0) is 12.2 Å². The molecule has 2 nitrogen and oxygen atoms in total. The zero-order valence-electron chi connectivity index (χ0n) is 9.01. The fourth-order valence-electron chi connectivity index (χ4n) is 1.18. The minimum absolute atomic E-state index is 0.988. The van der Waals surface area contributed by atoms with Gasteiger partial charge >= 0.3 is 0 Å². The highest BCUT2D eigenvalue weighted by Crippen LogP contribution is 2.15. The Kier molecular flexibility index (Phi) is 5.80. The van der Waals surface area contributed by atoms with Gasteiger partial charge in [-0.2, -0.15) is 11.8 Å². The molecule has 0 aliphatic carbocycles. The molecular weight excluding hydrogens is 194 g/mol. The number of rotatable bonds is 7. The number of nitrogens with one attached hydrogen (secondary N) is 1. The fourth-order valence-corrected chi connectivity index (χ4v) is 1.97. The SMILES string of the molecule is CCNCCSCc1ccc(CC)o1. The molecule has 0 radical (unpaired) electrons. The molecular formula is C11H19NOS. The maximum atomic E-state index is 5.60. The third kappa shape index (κ3) is 4.20. The van der Waals surface area contributed by atoms with Crippen LogP contribution in [0.5, 0.6) is 0 Å². The molecule has 0 saturated heterocycles. The molecule has 0 unspecified atom stereocenters. The van der Waals surface area contributed by atoms with Crippen LogP contribution in [0.4, 0.5) is 0 Å². The van der Waals surface area contributed by atoms with E-state index < -0.39 is 0 Å². The first-order valence-corrected chi connectivity index (χ1v) is 6.38. The van der Waals surface area contributed by atoms with Gasteiger partial charge in [0.25, 0.3) is 0 Å². The van der Waals surface area contributed by atoms with Gasteiger partial charge in [-0.1, -0.05) is 13.8 Å². The van der Waals surface area contributed by atoms with Crippen LogP contribution < -0.4 is 5.32 Å². The van der Waals surface area contributed by atoms with Crippen LogP contribution >= 0.6 is 11.8 Å². The van der Waals surface area contributed by atoms with E-state index in [-0.39, 0.29) is 0 Å². The van der Waals surface area contributed by atoms with Crippen molar-refractivity contribution >= 4 is 11.8 Å². The third-order valence-corrected chi connectivity index (χ3v) is 2.96. The fraction of sp³-hybridized carbons (Fsp3) is 0.636. The topological polar surface area (TPSA) is 25.2 Å². The maximum Gasteiger partial charge on any atom is 0.114 e. The van der Waals surface area contributed by atoms with Crippen molar-refractivity contribution in [1.29, 1.82) is 0 Å². The van der Waals surface area contributed by atoms with Gasteiger partial charge in [0.15, 0.2) is 0 Å². The largest absolute Gasteiger partial charge is 0.465 e. The van der Waals surface area contributed by atoms with Crippen LogP contribution in [0.25, 0.3) is 0 Å². The van der Waals surface area contributed by atoms with E-state index in [0.717, 1.165) is 42.5 Å². The average Bonchev–Trinajstić information content (AvgIpc) is 2.65. The lowest BCUT2D eigenvalue weighted by molar-refractivity contribution is 0.485. The Labute approximate surface area is 90.5 Å². The molecule has 1 N–H and O–H groups in total. The summed E-state index contributed by atoms with van der Waals surface area (Å²) >= 11 is 1.91. The zero-order valence-corrected chi connectivity index (χ0v) is 9.82. The van der Waals surface area contributed by atoms with Crippen molar-refractivity contribution in [3.8, 4) is 0 Å². The van der Waals surface area contributed by atoms with Gasteiger partial charge in [-0.05, 0) is 18.7 Å². The summed E-state index contributed by atoms with van der Waals surface area (Å²) in [6.45, 7) is 6.38. The smallest absolute Gasteiger partial charge is 0.114 e. The maximum absolute atomic E-state index is 5.60. The molecule has 0 spiro atoms. The van der Waals surface area contributed by atoms with Crippen molar-refractivity contribution < 1.29 is 4.42 Å². The molecule has 0 aromatic carbocycles. The molecule has 0 atom stereocenters. The van der Waals surface area contributed by atoms with Crippen LogP contribution in [0.15, 0.2) is 16.5 Å². The van der Waals surface area contributed by atoms with E-state index in [1.165, 1.54) is 0 Å². The highest BCUT2D eigenvalue weighted by molar-refractivity contribution is 7.98. The van der Waals surface area contributed by atoms with Crippen molar-refractivity contribution in [1.82, 2.24) is 5.32 Å². The molecule has 0 aliphatic heterocycles. The van der Waals surface area contributed by atoms with Crippen LogP contribution in [0.3, 0.4) is 0 Å². The number of hydrogen-bond donors (Lipinski definition) is 1. The molecule has 1 heterocycles. The van der Waals surface area contributed by atoms with E-state index in [9.17, 15) is 0 Å². The van der Waals surface area contributed by atoms with Crippen LogP contribution in [0.2, 0.25) is 0 Å². The van der Waals surface area contributed by atoms with Gasteiger partial charge in [0.05, 0.1) is 5.75 Å². The molecule has 14 heavy (non-hydrogen) atoms. The van der Waals surface area contributed by atoms with Gasteiger partial charge in [-0.3, -0.25) is 0 Å². The predicted molar refractivity (Wildman–Crippen MR) is 62.8 cm³/mol. The lowest BCUT2D eigenvalue weighted by atomic mass is 10.4. The van der Waals surface area contributed by atoms with Crippen molar-refractivity contribution in [3.05, 3.63) is 23.7 Å². The zero-order chi connectivity index (χ0) is 10.2. The molecule has 1 aromatic rings. The van der Waals surface area contributed by atoms with Crippen molar-refractivity contribution in [2.75, 3.05) is 18.8 Å². The normalized spacial score (nSPS) is 10.7. The van der Waals surface area contributed by atoms with E-state index in [0.29, 0.717) is 0 Å². The van der Waals surface area contributed by atoms with Gasteiger partial charge in [0.1, 0.15) is 11.5 Å². The quantitative estimate of drug-likeness (QED) is 0.705. The summed E-state index contributed by atoms with van der Waals surface area (Å²) in [4.78, 5) is 0. The Morgan fingerprint density at radius 3 is 2.71 bits per heavy atom. The summed E-state index contributed by atoms with van der Waals surface area (Å²) in [5.74, 6) is 4.33. The van der Waals surface area contributed by atoms with E-state index >= 15 is 0 Å². The second kappa shape index (κ2) is 6.96. The van der Waals surface area contributed by atoms with Gasteiger partial charge in [-0.25, -0.2) is 0 Å². The first-order chi connectivity index (χ1) is 6.86. The highest BCUT2D eigenvalue weighted by atomic mass is 32.2. The monoisotopic (exact) mass is 213 g/mol. The molecule has 3 heteroatoms. The van der Waals surface area contributed by atoms with E-state index in [1.54, 1.807) is 0 Å². The second-order valence-corrected chi connectivity index (χ2v) is 4.23. The Morgan fingerprint density at radius 2 is 2.07 bits per heavy atom. The Morgan fingerprint density at radius 1 is 1.29 bits per heavy atom. The molecule has 0 fully saturated rings. The summed E-state index contributed by atoms with van der Waals surface area (Å²) in [5, 5.41) is 3.30. The lowest BCUT2D eigenvalue weighted by Gasteiger charge is -2.00. The Balaban J connectivity index is 2.12. The van der Waals surface area contributed by atoms with Gasteiger partial charge in [-0.15, -0.1) is 0 Å². The minimum atomic E-state index is 0.988. The summed E-state index contributed by atoms with van der Waals surface area (Å²) in [6.07, 6.45) is 0.988. The first kappa shape index (κ1) is 11.7. The molecule has 80 valence electrons. The summed E-state index contributed by atoms with van der Waals surface area (Å²) in [7, 11) is 0. The molecule has 0 amide bonds. The van der Waals surface area contributed by atoms with E-state index in [4.69, 9.17) is 4.42 Å². The number of furan rings is 1. The molecule has 0 bridgehead atoms. The van der Waals surface area contributed by atoms with Gasteiger partial charge in [0.2, 0.25) is 0 Å². The summed E-state index contributed by atoms with van der Waals surface area (Å²) in [5.41, 5.74) is 0. The van der Waals surface area contributed by atoms with Crippen molar-refractivity contribution in [2.24, 2.45) is 0 Å². The number of hydrogen-bond acceptors (Lipinski definition) is 3. The van der Waals surface area contributed by atoms with Crippen molar-refractivity contribution in [2.45, 2.75) is 26.0 Å². The number of thioether (sulfide) groups is 1. The lowest BCUT2D eigenvalue weighted by Crippen LogP contribution is -2.15. The van der Waals surface area contributed by atoms with Gasteiger partial charge in [0, 0.05) is 18.7 Å². The minimum Gasteiger partial charge on any atom is -0.465 e. The van der Waals surface area contributed by atoms with Gasteiger partial charge < -0.3 is 9.73 Å². The molecule has 0 saturated carbocycles. The number of aryl methyl sites for hydroxylation is 1. The van der Waals surface area contributed by atoms with E-state index in [2.05, 4.69) is 31.3 Å². The van der Waals surface area contributed by atoms with Crippen molar-refractivity contribution in [3.63, 3.8) is 0 Å². The van der Waals surface area contributed by atoms with Crippen LogP contribution in [0.1, 0.15) is 25.4 Å². The average molecular weight is 213 g/mol. The Bertz CT molecular complexity index is 247. The molecule has 1 aromatic heterocycles. The predicted octanol–water partition coefficient (Wildman–Crippen LogP) is 2.68. The standard InChI is InChI=1S/C11H19NOS/c1-3-10-5-6-11(13-10)9-14-8-7-12-4-2/h5-6,12H,3-4,7-9H2,1-2H3. The first-order valence-electron chi connectivity index (χ1n) is 5.22. The highest BCUT2D eigenvalue weighted by Gasteiger charge is 1.99. The third-order valence-electron chi connectivity index (χ3n) is 1.98. The van der Waals surface area contributed by atoms with E-state index in [1.807, 2.05) is 11.8 Å². The van der Waals surface area contributed by atoms with Crippen LogP contribution in [-0.4, -0.2) is 18.8 Å². The van der Waals surface area contributed by atoms with Crippen LogP contribution in [0, 0.1) is 0 Å². The summed E-state index contributed by atoms with van der Waals surface area (Å²) in [6, 6.07) is 4.15. The Hall–Kier alpha value is -0.410. The molecule has 1 rings (SSSR count). The molecule has 0 aliphatic rings. The summed E-state index contributed by atoms with van der Waals surface area (Å²) < 4.78 is 5.60.